The maximum atomic E-state index is 13.4. The number of likely N-dealkylation sites (N-methyl/N-ethyl adjacent to an activating group) is 1. The fourth-order valence-electron chi connectivity index (χ4n) is 4.82. The van der Waals surface area contributed by atoms with Gasteiger partial charge in [-0.05, 0) is 49.2 Å². The van der Waals surface area contributed by atoms with E-state index >= 15 is 0 Å². The summed E-state index contributed by atoms with van der Waals surface area (Å²) in [6.07, 6.45) is -2.47. The normalized spacial score (nSPS) is 18.6. The Balaban J connectivity index is 1.57. The van der Waals surface area contributed by atoms with Gasteiger partial charge in [0.05, 0.1) is 17.2 Å². The molecule has 5 nitrogen and oxygen atoms in total. The summed E-state index contributed by atoms with van der Waals surface area (Å²) in [6.45, 7) is 4.79. The molecule has 1 amide bonds. The first kappa shape index (κ1) is 23.6. The molecule has 4 rings (SSSR count). The predicted molar refractivity (Wildman–Crippen MR) is 124 cm³/mol. The second-order valence-corrected chi connectivity index (χ2v) is 9.02. The van der Waals surface area contributed by atoms with Crippen molar-refractivity contribution in [3.05, 3.63) is 64.7 Å². The Morgan fingerprint density at radius 3 is 2.48 bits per heavy atom. The van der Waals surface area contributed by atoms with Crippen LogP contribution in [0.25, 0.3) is 0 Å². The van der Waals surface area contributed by atoms with Crippen LogP contribution >= 0.6 is 0 Å². The number of nitrogens with one attached hydrogen (secondary N) is 1. The van der Waals surface area contributed by atoms with Crippen LogP contribution < -0.4 is 10.2 Å². The van der Waals surface area contributed by atoms with Gasteiger partial charge in [-0.15, -0.1) is 0 Å². The molecule has 8 heteroatoms. The van der Waals surface area contributed by atoms with Gasteiger partial charge in [0.15, 0.2) is 0 Å². The Morgan fingerprint density at radius 2 is 1.76 bits per heavy atom. The molecule has 178 valence electrons. The molecule has 1 saturated heterocycles. The molecule has 1 fully saturated rings. The summed E-state index contributed by atoms with van der Waals surface area (Å²) in [5.74, 6) is -0.695. The second-order valence-electron chi connectivity index (χ2n) is 9.02. The minimum atomic E-state index is -4.57. The van der Waals surface area contributed by atoms with Crippen molar-refractivity contribution in [3.8, 4) is 0 Å². The standard InChI is InChI=1S/C25H31F3N4O/c1-30-12-14-32(15-13-30)23(19-9-10-22-18(16-19)6-5-11-31(22)2)17-29-24(33)20-7-3-4-8-21(20)25(26,27)28/h3-4,7-10,16,23H,5-6,11-15,17H2,1-2H3,(H,29,33)/t23-/m1/s1. The summed E-state index contributed by atoms with van der Waals surface area (Å²) in [5.41, 5.74) is 2.36. The predicted octanol–water partition coefficient (Wildman–Crippen LogP) is 3.81. The number of carbonyl (C=O) groups excluding carboxylic acids is 1. The van der Waals surface area contributed by atoms with Crippen LogP contribution in [0.15, 0.2) is 42.5 Å². The van der Waals surface area contributed by atoms with Crippen molar-refractivity contribution in [2.24, 2.45) is 0 Å². The molecule has 0 unspecified atom stereocenters. The van der Waals surface area contributed by atoms with Gasteiger partial charge in [-0.2, -0.15) is 13.2 Å². The first-order valence-electron chi connectivity index (χ1n) is 11.4. The molecule has 0 aliphatic carbocycles. The van der Waals surface area contributed by atoms with Gasteiger partial charge >= 0.3 is 6.18 Å². The third kappa shape index (κ3) is 5.33. The molecule has 2 aliphatic heterocycles. The van der Waals surface area contributed by atoms with Gasteiger partial charge in [-0.1, -0.05) is 24.3 Å². The Labute approximate surface area is 193 Å². The van der Waals surface area contributed by atoms with Crippen LogP contribution in [0, 0.1) is 0 Å². The number of carbonyl (C=O) groups is 1. The summed E-state index contributed by atoms with van der Waals surface area (Å²) in [5, 5.41) is 2.80. The maximum absolute atomic E-state index is 13.4. The first-order valence-corrected chi connectivity index (χ1v) is 11.4. The molecular formula is C25H31F3N4O. The number of rotatable bonds is 5. The average molecular weight is 461 g/mol. The number of alkyl halides is 3. The number of piperazine rings is 1. The molecule has 0 bridgehead atoms. The molecule has 2 aromatic rings. The van der Waals surface area contributed by atoms with E-state index in [4.69, 9.17) is 0 Å². The minimum Gasteiger partial charge on any atom is -0.374 e. The molecule has 1 atom stereocenters. The lowest BCUT2D eigenvalue weighted by molar-refractivity contribution is -0.137. The van der Waals surface area contributed by atoms with E-state index in [0.717, 1.165) is 57.2 Å². The minimum absolute atomic E-state index is 0.0989. The van der Waals surface area contributed by atoms with Crippen molar-refractivity contribution in [2.75, 3.05) is 58.3 Å². The van der Waals surface area contributed by atoms with Gasteiger partial charge in [0.2, 0.25) is 0 Å². The highest BCUT2D eigenvalue weighted by molar-refractivity contribution is 5.95. The number of benzene rings is 2. The maximum Gasteiger partial charge on any atom is 0.417 e. The summed E-state index contributed by atoms with van der Waals surface area (Å²) in [7, 11) is 4.17. The molecule has 2 aliphatic rings. The van der Waals surface area contributed by atoms with E-state index in [0.29, 0.717) is 0 Å². The summed E-state index contributed by atoms with van der Waals surface area (Å²) < 4.78 is 40.2. The number of hydrogen-bond acceptors (Lipinski definition) is 4. The van der Waals surface area contributed by atoms with Gasteiger partial charge in [-0.3, -0.25) is 9.69 Å². The number of halogens is 3. The first-order chi connectivity index (χ1) is 15.7. The van der Waals surface area contributed by atoms with Crippen LogP contribution in [-0.4, -0.2) is 69.1 Å². The molecule has 2 aromatic carbocycles. The summed E-state index contributed by atoms with van der Waals surface area (Å²) >= 11 is 0. The highest BCUT2D eigenvalue weighted by Gasteiger charge is 2.35. The van der Waals surface area contributed by atoms with Gasteiger partial charge < -0.3 is 15.1 Å². The molecule has 0 radical (unpaired) electrons. The summed E-state index contributed by atoms with van der Waals surface area (Å²) in [6, 6.07) is 11.3. The van der Waals surface area contributed by atoms with Crippen molar-refractivity contribution in [3.63, 3.8) is 0 Å². The van der Waals surface area contributed by atoms with Crippen LogP contribution in [0.3, 0.4) is 0 Å². The Morgan fingerprint density at radius 1 is 1.03 bits per heavy atom. The van der Waals surface area contributed by atoms with Crippen LogP contribution in [0.1, 0.15) is 39.5 Å². The van der Waals surface area contributed by atoms with Gasteiger partial charge in [0.25, 0.3) is 5.91 Å². The quantitative estimate of drug-likeness (QED) is 0.737. The fourth-order valence-corrected chi connectivity index (χ4v) is 4.82. The molecule has 0 saturated carbocycles. The smallest absolute Gasteiger partial charge is 0.374 e. The zero-order chi connectivity index (χ0) is 23.6. The summed E-state index contributed by atoms with van der Waals surface area (Å²) in [4.78, 5) is 19.6. The van der Waals surface area contributed by atoms with Crippen molar-refractivity contribution in [2.45, 2.75) is 25.1 Å². The molecule has 1 N–H and O–H groups in total. The third-order valence-corrected chi connectivity index (χ3v) is 6.75. The van der Waals surface area contributed by atoms with Crippen molar-refractivity contribution < 1.29 is 18.0 Å². The number of fused-ring (bicyclic) bond motifs is 1. The van der Waals surface area contributed by atoms with E-state index < -0.39 is 17.6 Å². The Hall–Kier alpha value is -2.58. The third-order valence-electron chi connectivity index (χ3n) is 6.75. The lowest BCUT2D eigenvalue weighted by atomic mass is 9.95. The van der Waals surface area contributed by atoms with Crippen LogP contribution in [0.2, 0.25) is 0 Å². The lowest BCUT2D eigenvalue weighted by Crippen LogP contribution is -2.48. The van der Waals surface area contributed by atoms with E-state index in [9.17, 15) is 18.0 Å². The number of amides is 1. The second kappa shape index (κ2) is 9.73. The number of nitrogens with zero attached hydrogens (tertiary/aromatic N) is 3. The van der Waals surface area contributed by atoms with Gasteiger partial charge in [0, 0.05) is 52.0 Å². The Bertz CT molecular complexity index is 986. The zero-order valence-corrected chi connectivity index (χ0v) is 19.2. The number of aryl methyl sites for hydroxylation is 1. The average Bonchev–Trinajstić information content (AvgIpc) is 2.80. The van der Waals surface area contributed by atoms with E-state index in [-0.39, 0.29) is 18.2 Å². The molecule has 33 heavy (non-hydrogen) atoms. The number of anilines is 1. The highest BCUT2D eigenvalue weighted by Crippen LogP contribution is 2.33. The van der Waals surface area contributed by atoms with Crippen molar-refractivity contribution in [1.29, 1.82) is 0 Å². The highest BCUT2D eigenvalue weighted by atomic mass is 19.4. The number of hydrogen-bond donors (Lipinski definition) is 1. The van der Waals surface area contributed by atoms with E-state index in [2.05, 4.69) is 52.3 Å². The Kier molecular flexibility index (Phi) is 6.95. The van der Waals surface area contributed by atoms with Crippen molar-refractivity contribution >= 4 is 11.6 Å². The van der Waals surface area contributed by atoms with Crippen LogP contribution in [0.5, 0.6) is 0 Å². The monoisotopic (exact) mass is 460 g/mol. The SMILES string of the molecule is CN1CCN([C@H](CNC(=O)c2ccccc2C(F)(F)F)c2ccc3c(c2)CCCN3C)CC1. The van der Waals surface area contributed by atoms with Crippen LogP contribution in [0.4, 0.5) is 18.9 Å². The van der Waals surface area contributed by atoms with Crippen LogP contribution in [-0.2, 0) is 12.6 Å². The molecular weight excluding hydrogens is 429 g/mol. The van der Waals surface area contributed by atoms with Gasteiger partial charge in [-0.25, -0.2) is 0 Å². The molecule has 0 aromatic heterocycles. The zero-order valence-electron chi connectivity index (χ0n) is 19.2. The topological polar surface area (TPSA) is 38.8 Å². The lowest BCUT2D eigenvalue weighted by Gasteiger charge is -2.39. The fraction of sp³-hybridized carbons (Fsp3) is 0.480. The van der Waals surface area contributed by atoms with E-state index in [1.54, 1.807) is 0 Å². The van der Waals surface area contributed by atoms with E-state index in [1.165, 1.54) is 29.4 Å². The largest absolute Gasteiger partial charge is 0.417 e. The molecule has 0 spiro atoms. The van der Waals surface area contributed by atoms with E-state index in [1.807, 2.05) is 0 Å². The molecule has 2 heterocycles. The van der Waals surface area contributed by atoms with Crippen molar-refractivity contribution in [1.82, 2.24) is 15.1 Å². The van der Waals surface area contributed by atoms with Gasteiger partial charge in [0.1, 0.15) is 0 Å².